The van der Waals surface area contributed by atoms with Gasteiger partial charge in [-0.2, -0.15) is 0 Å². The van der Waals surface area contributed by atoms with Crippen molar-refractivity contribution in [3.05, 3.63) is 22.4 Å². The van der Waals surface area contributed by atoms with E-state index in [-0.39, 0.29) is 5.91 Å². The molecule has 2 N–H and O–H groups in total. The van der Waals surface area contributed by atoms with Crippen LogP contribution in [0.4, 0.5) is 0 Å². The van der Waals surface area contributed by atoms with E-state index < -0.39 is 0 Å². The number of nitrogens with zero attached hydrogens (tertiary/aromatic N) is 1. The summed E-state index contributed by atoms with van der Waals surface area (Å²) in [6, 6.07) is 1.78. The van der Waals surface area contributed by atoms with Gasteiger partial charge in [0.1, 0.15) is 5.69 Å². The highest BCUT2D eigenvalue weighted by Crippen LogP contribution is 2.11. The van der Waals surface area contributed by atoms with Crippen LogP contribution >= 0.6 is 15.9 Å². The summed E-state index contributed by atoms with van der Waals surface area (Å²) < 4.78 is 0.895. The summed E-state index contributed by atoms with van der Waals surface area (Å²) in [7, 11) is 0. The highest BCUT2D eigenvalue weighted by atomic mass is 79.9. The number of carbonyl (C=O) groups is 1. The summed E-state index contributed by atoms with van der Waals surface area (Å²) in [5.41, 5.74) is 3.48. The minimum Gasteiger partial charge on any atom is -0.356 e. The van der Waals surface area contributed by atoms with E-state index >= 15 is 0 Å². The lowest BCUT2D eigenvalue weighted by atomic mass is 10.2. The Kier molecular flexibility index (Phi) is 3.43. The maximum atomic E-state index is 11.7. The largest absolute Gasteiger partial charge is 0.356 e. The van der Waals surface area contributed by atoms with Gasteiger partial charge in [0.2, 0.25) is 0 Å². The minimum atomic E-state index is -0.0670. The van der Waals surface area contributed by atoms with Crippen molar-refractivity contribution in [2.24, 2.45) is 0 Å². The lowest BCUT2D eigenvalue weighted by Crippen LogP contribution is -2.45. The topological polar surface area (TPSA) is 48.1 Å². The number of piperidine rings is 1. The van der Waals surface area contributed by atoms with Gasteiger partial charge < -0.3 is 4.98 Å². The Morgan fingerprint density at radius 1 is 1.40 bits per heavy atom. The second-order valence-corrected chi connectivity index (χ2v) is 4.64. The number of hydrogen-bond acceptors (Lipinski definition) is 2. The third-order valence-corrected chi connectivity index (χ3v) is 2.97. The van der Waals surface area contributed by atoms with Crippen LogP contribution in [0, 0.1) is 0 Å². The van der Waals surface area contributed by atoms with Crippen LogP contribution in [0.1, 0.15) is 29.8 Å². The monoisotopic (exact) mass is 271 g/mol. The maximum absolute atomic E-state index is 11.7. The van der Waals surface area contributed by atoms with Gasteiger partial charge in [-0.1, -0.05) is 6.42 Å². The van der Waals surface area contributed by atoms with E-state index in [1.807, 2.05) is 5.01 Å². The van der Waals surface area contributed by atoms with Gasteiger partial charge in [-0.05, 0) is 34.8 Å². The van der Waals surface area contributed by atoms with Gasteiger partial charge in [-0.15, -0.1) is 0 Å². The Morgan fingerprint density at radius 2 is 2.13 bits per heavy atom. The smallest absolute Gasteiger partial charge is 0.282 e. The molecule has 2 heterocycles. The summed E-state index contributed by atoms with van der Waals surface area (Å²) in [4.78, 5) is 14.6. The molecule has 1 amide bonds. The second kappa shape index (κ2) is 4.81. The third kappa shape index (κ3) is 2.82. The number of nitrogens with one attached hydrogen (secondary N) is 2. The molecule has 0 aromatic carbocycles. The molecule has 1 aliphatic rings. The minimum absolute atomic E-state index is 0.0670. The number of hydrogen-bond donors (Lipinski definition) is 2. The molecule has 15 heavy (non-hydrogen) atoms. The van der Waals surface area contributed by atoms with Crippen LogP contribution in [0.25, 0.3) is 0 Å². The molecule has 0 radical (unpaired) electrons. The highest BCUT2D eigenvalue weighted by molar-refractivity contribution is 9.10. The molecule has 0 spiro atoms. The lowest BCUT2D eigenvalue weighted by molar-refractivity contribution is 0.0745. The molecule has 82 valence electrons. The molecule has 1 saturated heterocycles. The number of aromatic nitrogens is 1. The number of amides is 1. The molecule has 4 nitrogen and oxygen atoms in total. The van der Waals surface area contributed by atoms with E-state index in [0.29, 0.717) is 5.69 Å². The SMILES string of the molecule is O=C(NN1CCCCC1)c1cc(Br)c[nH]1. The first-order valence-corrected chi connectivity index (χ1v) is 5.95. The van der Waals surface area contributed by atoms with E-state index in [1.54, 1.807) is 12.3 Å². The fourth-order valence-electron chi connectivity index (χ4n) is 1.71. The van der Waals surface area contributed by atoms with E-state index in [0.717, 1.165) is 30.4 Å². The van der Waals surface area contributed by atoms with Gasteiger partial charge in [0, 0.05) is 23.8 Å². The third-order valence-electron chi connectivity index (χ3n) is 2.51. The first-order chi connectivity index (χ1) is 7.25. The first-order valence-electron chi connectivity index (χ1n) is 5.15. The van der Waals surface area contributed by atoms with Gasteiger partial charge in [0.05, 0.1) is 0 Å². The normalized spacial score (nSPS) is 17.7. The fraction of sp³-hybridized carbons (Fsp3) is 0.500. The van der Waals surface area contributed by atoms with Crippen molar-refractivity contribution in [2.45, 2.75) is 19.3 Å². The fourth-order valence-corrected chi connectivity index (χ4v) is 2.05. The van der Waals surface area contributed by atoms with Crippen LogP contribution in [0.5, 0.6) is 0 Å². The Labute approximate surface area is 97.1 Å². The van der Waals surface area contributed by atoms with E-state index in [9.17, 15) is 4.79 Å². The highest BCUT2D eigenvalue weighted by Gasteiger charge is 2.14. The molecule has 0 bridgehead atoms. The van der Waals surface area contributed by atoms with Crippen molar-refractivity contribution < 1.29 is 4.79 Å². The predicted molar refractivity (Wildman–Crippen MR) is 61.4 cm³/mol. The summed E-state index contributed by atoms with van der Waals surface area (Å²) in [6.07, 6.45) is 5.34. The molecule has 0 saturated carbocycles. The zero-order valence-corrected chi connectivity index (χ0v) is 10.0. The Balaban J connectivity index is 1.91. The Morgan fingerprint density at radius 3 is 2.73 bits per heavy atom. The van der Waals surface area contributed by atoms with Crippen molar-refractivity contribution in [1.29, 1.82) is 0 Å². The Hall–Kier alpha value is -0.810. The van der Waals surface area contributed by atoms with Gasteiger partial charge >= 0.3 is 0 Å². The molecular weight excluding hydrogens is 258 g/mol. The average Bonchev–Trinajstić information content (AvgIpc) is 2.66. The van der Waals surface area contributed by atoms with Crippen LogP contribution in [0.2, 0.25) is 0 Å². The zero-order chi connectivity index (χ0) is 10.7. The van der Waals surface area contributed by atoms with Crippen molar-refractivity contribution in [1.82, 2.24) is 15.4 Å². The first kappa shape index (κ1) is 10.7. The standard InChI is InChI=1S/C10H14BrN3O/c11-8-6-9(12-7-8)10(15)13-14-4-2-1-3-5-14/h6-7,12H,1-5H2,(H,13,15). The second-order valence-electron chi connectivity index (χ2n) is 3.72. The summed E-state index contributed by atoms with van der Waals surface area (Å²) >= 11 is 3.30. The number of carbonyl (C=O) groups excluding carboxylic acids is 1. The Bertz CT molecular complexity index is 344. The molecule has 1 fully saturated rings. The van der Waals surface area contributed by atoms with Gasteiger partial charge in [-0.25, -0.2) is 5.01 Å². The zero-order valence-electron chi connectivity index (χ0n) is 8.42. The molecule has 0 unspecified atom stereocenters. The van der Waals surface area contributed by atoms with E-state index in [2.05, 4.69) is 26.3 Å². The van der Waals surface area contributed by atoms with Crippen molar-refractivity contribution in [3.63, 3.8) is 0 Å². The quantitative estimate of drug-likeness (QED) is 0.864. The van der Waals surface area contributed by atoms with Crippen LogP contribution in [-0.4, -0.2) is 29.0 Å². The molecule has 2 rings (SSSR count). The number of rotatable bonds is 2. The maximum Gasteiger partial charge on any atom is 0.282 e. The average molecular weight is 272 g/mol. The van der Waals surface area contributed by atoms with Crippen molar-refractivity contribution in [2.75, 3.05) is 13.1 Å². The van der Waals surface area contributed by atoms with Crippen molar-refractivity contribution >= 4 is 21.8 Å². The molecule has 1 aromatic heterocycles. The number of aromatic amines is 1. The number of H-pyrrole nitrogens is 1. The van der Waals surface area contributed by atoms with Gasteiger partial charge in [0.15, 0.2) is 0 Å². The van der Waals surface area contributed by atoms with Crippen molar-refractivity contribution in [3.8, 4) is 0 Å². The molecule has 0 aliphatic carbocycles. The lowest BCUT2D eigenvalue weighted by Gasteiger charge is -2.26. The molecular formula is C10H14BrN3O. The van der Waals surface area contributed by atoms with Crippen LogP contribution in [0.15, 0.2) is 16.7 Å². The van der Waals surface area contributed by atoms with Crippen LogP contribution < -0.4 is 5.43 Å². The van der Waals surface area contributed by atoms with E-state index in [4.69, 9.17) is 0 Å². The van der Waals surface area contributed by atoms with Crippen LogP contribution in [0.3, 0.4) is 0 Å². The molecule has 1 aromatic rings. The van der Waals surface area contributed by atoms with E-state index in [1.165, 1.54) is 6.42 Å². The molecule has 0 atom stereocenters. The predicted octanol–water partition coefficient (Wildman–Crippen LogP) is 1.91. The molecule has 1 aliphatic heterocycles. The van der Waals surface area contributed by atoms with Crippen LogP contribution in [-0.2, 0) is 0 Å². The number of halogens is 1. The summed E-state index contributed by atoms with van der Waals surface area (Å²) in [5.74, 6) is -0.0670. The molecule has 5 heteroatoms. The number of hydrazine groups is 1. The van der Waals surface area contributed by atoms with Gasteiger partial charge in [-0.3, -0.25) is 10.2 Å². The summed E-state index contributed by atoms with van der Waals surface area (Å²) in [5, 5.41) is 1.99. The van der Waals surface area contributed by atoms with Gasteiger partial charge in [0.25, 0.3) is 5.91 Å². The summed E-state index contributed by atoms with van der Waals surface area (Å²) in [6.45, 7) is 1.90.